The van der Waals surface area contributed by atoms with Crippen molar-refractivity contribution in [2.24, 2.45) is 0 Å². The van der Waals surface area contributed by atoms with Gasteiger partial charge in [0.25, 0.3) is 0 Å². The molecule has 0 saturated heterocycles. The number of benzene rings is 2. The zero-order valence-corrected chi connectivity index (χ0v) is 16.2. The van der Waals surface area contributed by atoms with Gasteiger partial charge in [0, 0.05) is 24.7 Å². The standard InChI is InChI=1S/C19H22F2N2O3S/c1-4-14-7-5-6-13(2)19(14)22-18(24)10-11-23(27(3,25)26)15-8-9-16(20)17(21)12-15/h5-9,12H,4,10-11H2,1-3H3,(H,22,24). The number of carbonyl (C=O) groups is 1. The van der Waals surface area contributed by atoms with Crippen molar-refractivity contribution < 1.29 is 22.0 Å². The largest absolute Gasteiger partial charge is 0.326 e. The summed E-state index contributed by atoms with van der Waals surface area (Å²) in [6.45, 7) is 3.65. The van der Waals surface area contributed by atoms with Gasteiger partial charge in [0.15, 0.2) is 11.6 Å². The molecule has 1 amide bonds. The van der Waals surface area contributed by atoms with Gasteiger partial charge >= 0.3 is 0 Å². The van der Waals surface area contributed by atoms with Gasteiger partial charge in [-0.3, -0.25) is 9.10 Å². The average Bonchev–Trinajstić information content (AvgIpc) is 2.58. The summed E-state index contributed by atoms with van der Waals surface area (Å²) in [7, 11) is -3.77. The van der Waals surface area contributed by atoms with Crippen LogP contribution in [0.5, 0.6) is 0 Å². The third-order valence-corrected chi connectivity index (χ3v) is 5.33. The van der Waals surface area contributed by atoms with Crippen LogP contribution in [-0.2, 0) is 21.2 Å². The molecule has 0 heterocycles. The third-order valence-electron chi connectivity index (χ3n) is 4.14. The van der Waals surface area contributed by atoms with E-state index < -0.39 is 21.7 Å². The lowest BCUT2D eigenvalue weighted by atomic mass is 10.1. The van der Waals surface area contributed by atoms with Crippen LogP contribution in [0.4, 0.5) is 20.2 Å². The van der Waals surface area contributed by atoms with Gasteiger partial charge in [0.2, 0.25) is 15.9 Å². The predicted octanol–water partition coefficient (Wildman–Crippen LogP) is 3.63. The van der Waals surface area contributed by atoms with Crippen molar-refractivity contribution >= 4 is 27.3 Å². The Hall–Kier alpha value is -2.48. The zero-order valence-electron chi connectivity index (χ0n) is 15.4. The Labute approximate surface area is 158 Å². The van der Waals surface area contributed by atoms with E-state index in [1.165, 1.54) is 0 Å². The molecule has 0 radical (unpaired) electrons. The number of hydrogen-bond donors (Lipinski definition) is 1. The summed E-state index contributed by atoms with van der Waals surface area (Å²) in [6.07, 6.45) is 1.55. The van der Waals surface area contributed by atoms with Gasteiger partial charge in [-0.2, -0.15) is 0 Å². The Morgan fingerprint density at radius 2 is 1.85 bits per heavy atom. The topological polar surface area (TPSA) is 66.5 Å². The van der Waals surface area contributed by atoms with Crippen LogP contribution in [0.25, 0.3) is 0 Å². The Morgan fingerprint density at radius 3 is 2.44 bits per heavy atom. The molecule has 0 atom stereocenters. The van der Waals surface area contributed by atoms with Gasteiger partial charge < -0.3 is 5.32 Å². The van der Waals surface area contributed by atoms with Gasteiger partial charge in [-0.05, 0) is 36.6 Å². The van der Waals surface area contributed by atoms with E-state index in [0.29, 0.717) is 5.69 Å². The summed E-state index contributed by atoms with van der Waals surface area (Å²) in [5.41, 5.74) is 2.56. The molecule has 0 aromatic heterocycles. The molecular weight excluding hydrogens is 374 g/mol. The summed E-state index contributed by atoms with van der Waals surface area (Å²) < 4.78 is 51.5. The van der Waals surface area contributed by atoms with Gasteiger partial charge in [-0.25, -0.2) is 17.2 Å². The van der Waals surface area contributed by atoms with Crippen molar-refractivity contribution in [3.8, 4) is 0 Å². The van der Waals surface area contributed by atoms with E-state index in [0.717, 1.165) is 46.3 Å². The fourth-order valence-electron chi connectivity index (χ4n) is 2.73. The first-order valence-electron chi connectivity index (χ1n) is 8.44. The Balaban J connectivity index is 2.16. The predicted molar refractivity (Wildman–Crippen MR) is 102 cm³/mol. The van der Waals surface area contributed by atoms with Crippen LogP contribution in [0, 0.1) is 18.6 Å². The molecule has 0 spiro atoms. The number of nitrogens with zero attached hydrogens (tertiary/aromatic N) is 1. The Kier molecular flexibility index (Phi) is 6.54. The molecule has 0 aliphatic carbocycles. The van der Waals surface area contributed by atoms with Crippen molar-refractivity contribution in [1.82, 2.24) is 0 Å². The molecule has 2 aromatic rings. The fraction of sp³-hybridized carbons (Fsp3) is 0.316. The molecule has 27 heavy (non-hydrogen) atoms. The monoisotopic (exact) mass is 396 g/mol. The molecule has 0 bridgehead atoms. The zero-order chi connectivity index (χ0) is 20.2. The second kappa shape index (κ2) is 8.47. The number of halogens is 2. The smallest absolute Gasteiger partial charge is 0.232 e. The highest BCUT2D eigenvalue weighted by molar-refractivity contribution is 7.92. The second-order valence-corrected chi connectivity index (χ2v) is 8.10. The first kappa shape index (κ1) is 20.8. The highest BCUT2D eigenvalue weighted by Crippen LogP contribution is 2.23. The van der Waals surface area contributed by atoms with Crippen molar-refractivity contribution in [3.05, 3.63) is 59.2 Å². The maximum Gasteiger partial charge on any atom is 0.232 e. The van der Waals surface area contributed by atoms with Gasteiger partial charge in [-0.15, -0.1) is 0 Å². The van der Waals surface area contributed by atoms with Crippen LogP contribution in [-0.4, -0.2) is 27.1 Å². The van der Waals surface area contributed by atoms with Crippen molar-refractivity contribution in [2.75, 3.05) is 22.4 Å². The lowest BCUT2D eigenvalue weighted by Crippen LogP contribution is -2.33. The first-order valence-corrected chi connectivity index (χ1v) is 10.3. The molecule has 2 rings (SSSR count). The van der Waals surface area contributed by atoms with E-state index in [1.54, 1.807) is 0 Å². The molecule has 2 aromatic carbocycles. The molecule has 146 valence electrons. The number of anilines is 2. The Morgan fingerprint density at radius 1 is 1.15 bits per heavy atom. The number of rotatable bonds is 7. The van der Waals surface area contributed by atoms with Crippen molar-refractivity contribution in [1.29, 1.82) is 0 Å². The molecule has 0 aliphatic rings. The molecule has 0 aliphatic heterocycles. The molecule has 5 nitrogen and oxygen atoms in total. The number of para-hydroxylation sites is 1. The number of carbonyl (C=O) groups excluding carboxylic acids is 1. The quantitative estimate of drug-likeness (QED) is 0.777. The van der Waals surface area contributed by atoms with Crippen LogP contribution >= 0.6 is 0 Å². The summed E-state index contributed by atoms with van der Waals surface area (Å²) in [5, 5.41) is 2.81. The second-order valence-electron chi connectivity index (χ2n) is 6.19. The van der Waals surface area contributed by atoms with Crippen LogP contribution in [0.3, 0.4) is 0 Å². The minimum atomic E-state index is -3.77. The van der Waals surface area contributed by atoms with Crippen molar-refractivity contribution in [2.45, 2.75) is 26.7 Å². The highest BCUT2D eigenvalue weighted by Gasteiger charge is 2.20. The van der Waals surface area contributed by atoms with Crippen LogP contribution in [0.15, 0.2) is 36.4 Å². The molecule has 1 N–H and O–H groups in total. The SMILES string of the molecule is CCc1cccc(C)c1NC(=O)CCN(c1ccc(F)c(F)c1)S(C)(=O)=O. The summed E-state index contributed by atoms with van der Waals surface area (Å²) in [5.74, 6) is -2.59. The molecular formula is C19H22F2N2O3S. The maximum absolute atomic E-state index is 13.5. The fourth-order valence-corrected chi connectivity index (χ4v) is 3.65. The van der Waals surface area contributed by atoms with Gasteiger partial charge in [0.1, 0.15) is 0 Å². The minimum absolute atomic E-state index is 0.0330. The lowest BCUT2D eigenvalue weighted by molar-refractivity contribution is -0.116. The lowest BCUT2D eigenvalue weighted by Gasteiger charge is -2.22. The maximum atomic E-state index is 13.5. The minimum Gasteiger partial charge on any atom is -0.326 e. The summed E-state index contributed by atoms with van der Waals surface area (Å²) in [6, 6.07) is 8.49. The van der Waals surface area contributed by atoms with Crippen LogP contribution in [0.2, 0.25) is 0 Å². The van der Waals surface area contributed by atoms with Crippen LogP contribution < -0.4 is 9.62 Å². The van der Waals surface area contributed by atoms with Gasteiger partial charge in [0.05, 0.1) is 11.9 Å². The number of amides is 1. The molecule has 0 saturated carbocycles. The van der Waals surface area contributed by atoms with Crippen molar-refractivity contribution in [3.63, 3.8) is 0 Å². The molecule has 8 heteroatoms. The van der Waals surface area contributed by atoms with E-state index >= 15 is 0 Å². The third kappa shape index (κ3) is 5.26. The summed E-state index contributed by atoms with van der Waals surface area (Å²) >= 11 is 0. The average molecular weight is 396 g/mol. The number of sulfonamides is 1. The Bertz CT molecular complexity index is 946. The molecule has 0 unspecified atom stereocenters. The number of nitrogens with one attached hydrogen (secondary N) is 1. The van der Waals surface area contributed by atoms with E-state index in [-0.39, 0.29) is 24.6 Å². The van der Waals surface area contributed by atoms with E-state index in [1.807, 2.05) is 32.0 Å². The highest BCUT2D eigenvalue weighted by atomic mass is 32.2. The summed E-state index contributed by atoms with van der Waals surface area (Å²) in [4.78, 5) is 12.3. The number of aryl methyl sites for hydroxylation is 2. The first-order chi connectivity index (χ1) is 12.6. The van der Waals surface area contributed by atoms with E-state index in [2.05, 4.69) is 5.32 Å². The number of hydrogen-bond acceptors (Lipinski definition) is 3. The van der Waals surface area contributed by atoms with E-state index in [9.17, 15) is 22.0 Å². The van der Waals surface area contributed by atoms with E-state index in [4.69, 9.17) is 0 Å². The van der Waals surface area contributed by atoms with Crippen LogP contribution in [0.1, 0.15) is 24.5 Å². The normalized spacial score (nSPS) is 11.3. The molecule has 0 fully saturated rings. The van der Waals surface area contributed by atoms with Gasteiger partial charge in [-0.1, -0.05) is 25.1 Å².